The van der Waals surface area contributed by atoms with Gasteiger partial charge in [0.25, 0.3) is 0 Å². The number of hydrogen-bond acceptors (Lipinski definition) is 0. The summed E-state index contributed by atoms with van der Waals surface area (Å²) in [6, 6.07) is 0. The monoisotopic (exact) mass is 204 g/mol. The van der Waals surface area contributed by atoms with Gasteiger partial charge in [-0.2, -0.15) is 0 Å². The van der Waals surface area contributed by atoms with Gasteiger partial charge in [0.05, 0.1) is 0 Å². The Kier molecular flexibility index (Phi) is 4.87. The summed E-state index contributed by atoms with van der Waals surface area (Å²) in [6.07, 6.45) is 11.0. The lowest BCUT2D eigenvalue weighted by Crippen LogP contribution is -2.02. The molecule has 15 heavy (non-hydrogen) atoms. The molecule has 0 amide bonds. The highest BCUT2D eigenvalue weighted by atomic mass is 14.2. The molecule has 1 unspecified atom stereocenters. The summed E-state index contributed by atoms with van der Waals surface area (Å²) in [5.74, 6) is 0.620. The van der Waals surface area contributed by atoms with Crippen molar-refractivity contribution in [3.63, 3.8) is 0 Å². The van der Waals surface area contributed by atoms with Gasteiger partial charge >= 0.3 is 0 Å². The van der Waals surface area contributed by atoms with Crippen LogP contribution in [0.4, 0.5) is 0 Å². The standard InChI is InChI=1S/C15H24/c1-5-8-14-9-6-7-10-15(14)11-13(4)12(2)3/h9-10,13H,2,5-8,11H2,1,3-4H3. The second-order valence-electron chi connectivity index (χ2n) is 4.74. The maximum Gasteiger partial charge on any atom is -0.0197 e. The van der Waals surface area contributed by atoms with Gasteiger partial charge in [0, 0.05) is 0 Å². The van der Waals surface area contributed by atoms with Crippen molar-refractivity contribution in [2.75, 3.05) is 0 Å². The minimum Gasteiger partial charge on any atom is -0.0999 e. The molecule has 1 aliphatic rings. The molecule has 0 aromatic heterocycles. The van der Waals surface area contributed by atoms with E-state index in [0.717, 1.165) is 0 Å². The number of allylic oxidation sites excluding steroid dienone is 5. The molecule has 0 N–H and O–H groups in total. The SMILES string of the molecule is C=C(C)C(C)CC1=CCCC=C1CCC. The van der Waals surface area contributed by atoms with Crippen molar-refractivity contribution in [1.82, 2.24) is 0 Å². The fraction of sp³-hybridized carbons (Fsp3) is 0.600. The molecule has 84 valence electrons. The van der Waals surface area contributed by atoms with Crippen LogP contribution in [-0.4, -0.2) is 0 Å². The van der Waals surface area contributed by atoms with Gasteiger partial charge in [-0.1, -0.05) is 44.6 Å². The lowest BCUT2D eigenvalue weighted by molar-refractivity contribution is 0.665. The van der Waals surface area contributed by atoms with Gasteiger partial charge in [-0.15, -0.1) is 0 Å². The van der Waals surface area contributed by atoms with E-state index < -0.39 is 0 Å². The summed E-state index contributed by atoms with van der Waals surface area (Å²) in [7, 11) is 0. The van der Waals surface area contributed by atoms with Crippen LogP contribution in [0.25, 0.3) is 0 Å². The van der Waals surface area contributed by atoms with Gasteiger partial charge in [0.15, 0.2) is 0 Å². The minimum atomic E-state index is 0.620. The van der Waals surface area contributed by atoms with E-state index in [9.17, 15) is 0 Å². The maximum absolute atomic E-state index is 4.04. The van der Waals surface area contributed by atoms with Crippen molar-refractivity contribution in [3.05, 3.63) is 35.5 Å². The molecule has 0 aromatic carbocycles. The molecule has 0 saturated carbocycles. The Hall–Kier alpha value is -0.780. The number of rotatable bonds is 5. The highest BCUT2D eigenvalue weighted by Gasteiger charge is 2.12. The van der Waals surface area contributed by atoms with E-state index in [1.807, 2.05) is 0 Å². The summed E-state index contributed by atoms with van der Waals surface area (Å²) in [6.45, 7) is 10.7. The molecule has 0 aliphatic heterocycles. The Balaban J connectivity index is 2.62. The minimum absolute atomic E-state index is 0.620. The van der Waals surface area contributed by atoms with Crippen molar-refractivity contribution in [2.24, 2.45) is 5.92 Å². The molecule has 0 fully saturated rings. The first-order valence-electron chi connectivity index (χ1n) is 6.19. The van der Waals surface area contributed by atoms with Crippen molar-refractivity contribution in [1.29, 1.82) is 0 Å². The van der Waals surface area contributed by atoms with Crippen molar-refractivity contribution < 1.29 is 0 Å². The van der Waals surface area contributed by atoms with E-state index in [2.05, 4.69) is 39.5 Å². The molecule has 0 bridgehead atoms. The third kappa shape index (κ3) is 3.70. The molecule has 0 nitrogen and oxygen atoms in total. The highest BCUT2D eigenvalue weighted by molar-refractivity contribution is 5.34. The number of hydrogen-bond donors (Lipinski definition) is 0. The first-order valence-corrected chi connectivity index (χ1v) is 6.19. The first kappa shape index (κ1) is 12.3. The Bertz CT molecular complexity index is 278. The van der Waals surface area contributed by atoms with Gasteiger partial charge in [0.2, 0.25) is 0 Å². The Labute approximate surface area is 94.8 Å². The van der Waals surface area contributed by atoms with Gasteiger partial charge in [-0.05, 0) is 49.7 Å². The molecule has 0 spiro atoms. The second-order valence-corrected chi connectivity index (χ2v) is 4.74. The average Bonchev–Trinajstić information content (AvgIpc) is 2.21. The topological polar surface area (TPSA) is 0 Å². The average molecular weight is 204 g/mol. The fourth-order valence-electron chi connectivity index (χ4n) is 2.03. The second kappa shape index (κ2) is 5.95. The molecule has 1 aliphatic carbocycles. The summed E-state index contributed by atoms with van der Waals surface area (Å²) in [5.41, 5.74) is 4.48. The Morgan fingerprint density at radius 2 is 1.93 bits per heavy atom. The van der Waals surface area contributed by atoms with E-state index in [1.165, 1.54) is 37.7 Å². The first-order chi connectivity index (χ1) is 7.15. The van der Waals surface area contributed by atoms with E-state index in [1.54, 1.807) is 11.1 Å². The van der Waals surface area contributed by atoms with Gasteiger partial charge in [0.1, 0.15) is 0 Å². The van der Waals surface area contributed by atoms with E-state index in [4.69, 9.17) is 0 Å². The molecule has 0 heteroatoms. The van der Waals surface area contributed by atoms with Crippen LogP contribution in [0, 0.1) is 5.92 Å². The molecule has 1 rings (SSSR count). The van der Waals surface area contributed by atoms with Gasteiger partial charge in [-0.25, -0.2) is 0 Å². The van der Waals surface area contributed by atoms with Crippen LogP contribution < -0.4 is 0 Å². The predicted octanol–water partition coefficient (Wildman–Crippen LogP) is 5.04. The maximum atomic E-state index is 4.04. The molecule has 1 atom stereocenters. The zero-order chi connectivity index (χ0) is 11.3. The third-order valence-corrected chi connectivity index (χ3v) is 3.25. The van der Waals surface area contributed by atoms with Crippen molar-refractivity contribution in [3.8, 4) is 0 Å². The predicted molar refractivity (Wildman–Crippen MR) is 68.9 cm³/mol. The van der Waals surface area contributed by atoms with E-state index in [0.29, 0.717) is 5.92 Å². The highest BCUT2D eigenvalue weighted by Crippen LogP contribution is 2.29. The van der Waals surface area contributed by atoms with Crippen LogP contribution in [0.1, 0.15) is 52.9 Å². The summed E-state index contributed by atoms with van der Waals surface area (Å²) in [4.78, 5) is 0. The lowest BCUT2D eigenvalue weighted by atomic mass is 9.86. The fourth-order valence-corrected chi connectivity index (χ4v) is 2.03. The van der Waals surface area contributed by atoms with Gasteiger partial charge in [-0.3, -0.25) is 0 Å². The normalized spacial score (nSPS) is 18.1. The van der Waals surface area contributed by atoms with Crippen LogP contribution in [0.15, 0.2) is 35.5 Å². The zero-order valence-corrected chi connectivity index (χ0v) is 10.5. The van der Waals surface area contributed by atoms with Crippen molar-refractivity contribution >= 4 is 0 Å². The van der Waals surface area contributed by atoms with Gasteiger partial charge < -0.3 is 0 Å². The van der Waals surface area contributed by atoms with Crippen molar-refractivity contribution in [2.45, 2.75) is 52.9 Å². The Morgan fingerprint density at radius 3 is 2.47 bits per heavy atom. The molecule has 0 aromatic rings. The van der Waals surface area contributed by atoms with E-state index >= 15 is 0 Å². The smallest absolute Gasteiger partial charge is 0.0197 e. The molecule has 0 saturated heterocycles. The van der Waals surface area contributed by atoms with Crippen LogP contribution in [-0.2, 0) is 0 Å². The largest absolute Gasteiger partial charge is 0.0999 e. The zero-order valence-electron chi connectivity index (χ0n) is 10.5. The van der Waals surface area contributed by atoms with Crippen LogP contribution in [0.3, 0.4) is 0 Å². The molecular formula is C15H24. The van der Waals surface area contributed by atoms with Crippen LogP contribution >= 0.6 is 0 Å². The summed E-state index contributed by atoms with van der Waals surface area (Å²) < 4.78 is 0. The van der Waals surface area contributed by atoms with Crippen LogP contribution in [0.2, 0.25) is 0 Å². The quantitative estimate of drug-likeness (QED) is 0.551. The summed E-state index contributed by atoms with van der Waals surface area (Å²) >= 11 is 0. The Morgan fingerprint density at radius 1 is 1.33 bits per heavy atom. The lowest BCUT2D eigenvalue weighted by Gasteiger charge is -2.19. The molecule has 0 radical (unpaired) electrons. The molecular weight excluding hydrogens is 180 g/mol. The molecule has 0 heterocycles. The third-order valence-electron chi connectivity index (χ3n) is 3.25. The summed E-state index contributed by atoms with van der Waals surface area (Å²) in [5, 5.41) is 0. The van der Waals surface area contributed by atoms with E-state index in [-0.39, 0.29) is 0 Å². The van der Waals surface area contributed by atoms with Crippen LogP contribution in [0.5, 0.6) is 0 Å².